The molecule has 4 aromatic rings. The predicted molar refractivity (Wildman–Crippen MR) is 148 cm³/mol. The van der Waals surface area contributed by atoms with Crippen LogP contribution in [0, 0.1) is 10.1 Å². The first-order chi connectivity index (χ1) is 18.7. The summed E-state index contributed by atoms with van der Waals surface area (Å²) in [6, 6.07) is 16.7. The van der Waals surface area contributed by atoms with E-state index in [1.807, 2.05) is 37.3 Å². The summed E-state index contributed by atoms with van der Waals surface area (Å²) < 4.78 is 19.5. The van der Waals surface area contributed by atoms with Gasteiger partial charge in [-0.3, -0.25) is 9.47 Å². The summed E-state index contributed by atoms with van der Waals surface area (Å²) in [5.41, 5.74) is 1.40. The lowest BCUT2D eigenvalue weighted by molar-refractivity contribution is -0.389. The molecule has 0 N–H and O–H groups in total. The molecule has 6 rings (SSSR count). The van der Waals surface area contributed by atoms with Crippen LogP contribution in [0.3, 0.4) is 0 Å². The van der Waals surface area contributed by atoms with Crippen LogP contribution >= 0.6 is 11.6 Å². The van der Waals surface area contributed by atoms with Gasteiger partial charge in [-0.1, -0.05) is 11.6 Å². The Hall–Kier alpha value is -3.76. The van der Waals surface area contributed by atoms with Crippen molar-refractivity contribution in [2.24, 2.45) is 0 Å². The van der Waals surface area contributed by atoms with Gasteiger partial charge in [-0.25, -0.2) is 0 Å². The highest BCUT2D eigenvalue weighted by molar-refractivity contribution is 6.31. The second-order valence-corrected chi connectivity index (χ2v) is 11.1. The topological polar surface area (TPSA) is 99.0 Å². The molecule has 0 amide bonds. The zero-order valence-corrected chi connectivity index (χ0v) is 22.6. The molecule has 204 valence electrons. The lowest BCUT2D eigenvalue weighted by Crippen LogP contribution is -2.43. The van der Waals surface area contributed by atoms with Crippen molar-refractivity contribution in [1.82, 2.24) is 14.5 Å². The van der Waals surface area contributed by atoms with Gasteiger partial charge in [0.25, 0.3) is 0 Å². The molecular weight excluding hydrogens is 522 g/mol. The Balaban J connectivity index is 0.983. The minimum Gasteiger partial charge on any atom is -0.489 e. The van der Waals surface area contributed by atoms with Crippen LogP contribution in [0.1, 0.15) is 25.5 Å². The Labute approximate surface area is 230 Å². The molecule has 2 aliphatic rings. The number of hydrogen-bond donors (Lipinski definition) is 0. The normalized spacial score (nSPS) is 19.4. The van der Waals surface area contributed by atoms with E-state index >= 15 is 0 Å². The Morgan fingerprint density at radius 1 is 1.21 bits per heavy atom. The fourth-order valence-corrected chi connectivity index (χ4v) is 5.61. The first-order valence-corrected chi connectivity index (χ1v) is 13.4. The summed E-state index contributed by atoms with van der Waals surface area (Å²) >= 11 is 6.11. The Bertz CT molecular complexity index is 1470. The van der Waals surface area contributed by atoms with Gasteiger partial charge in [0, 0.05) is 40.2 Å². The van der Waals surface area contributed by atoms with Crippen molar-refractivity contribution in [2.75, 3.05) is 31.6 Å². The number of rotatable bonds is 8. The van der Waals surface area contributed by atoms with Gasteiger partial charge in [0.1, 0.15) is 29.9 Å². The van der Waals surface area contributed by atoms with Gasteiger partial charge in [0.2, 0.25) is 0 Å². The summed E-state index contributed by atoms with van der Waals surface area (Å²) in [6.45, 7) is 5.38. The molecule has 11 heteroatoms. The standard InChI is InChI=1S/C28H30ClN5O5/c1-28(17-33-16-26(34(35)36)30-27(33)39-28)18-37-23-6-4-22(5-7-23)32-11-9-21(10-12-32)31(2)15-24-14-19-13-20(29)3-8-25(19)38-24/h3-8,13-14,16,21H,9-12,15,17-18H2,1-2H3. The first-order valence-electron chi connectivity index (χ1n) is 13.0. The van der Waals surface area contributed by atoms with Crippen LogP contribution in [0.25, 0.3) is 11.0 Å². The average molecular weight is 552 g/mol. The molecule has 0 spiro atoms. The van der Waals surface area contributed by atoms with E-state index < -0.39 is 10.5 Å². The molecule has 2 aromatic carbocycles. The number of aromatic nitrogens is 2. The van der Waals surface area contributed by atoms with E-state index in [0.29, 0.717) is 19.2 Å². The summed E-state index contributed by atoms with van der Waals surface area (Å²) in [6.07, 6.45) is 3.54. The number of halogens is 1. The number of anilines is 1. The third-order valence-corrected chi connectivity index (χ3v) is 7.76. The van der Waals surface area contributed by atoms with Crippen LogP contribution in [-0.4, -0.2) is 57.8 Å². The molecule has 39 heavy (non-hydrogen) atoms. The summed E-state index contributed by atoms with van der Waals surface area (Å²) in [4.78, 5) is 19.1. The Morgan fingerprint density at radius 3 is 2.69 bits per heavy atom. The molecule has 1 atom stereocenters. The first kappa shape index (κ1) is 25.5. The van der Waals surface area contributed by atoms with E-state index in [9.17, 15) is 10.1 Å². The quantitative estimate of drug-likeness (QED) is 0.208. The number of nitrogens with zero attached hydrogens (tertiary/aromatic N) is 5. The second kappa shape index (κ2) is 10.1. The zero-order chi connectivity index (χ0) is 27.1. The fourth-order valence-electron chi connectivity index (χ4n) is 5.43. The van der Waals surface area contributed by atoms with E-state index in [4.69, 9.17) is 25.5 Å². The van der Waals surface area contributed by atoms with Crippen molar-refractivity contribution < 1.29 is 18.8 Å². The average Bonchev–Trinajstić information content (AvgIpc) is 3.59. The molecule has 4 heterocycles. The van der Waals surface area contributed by atoms with Crippen LogP contribution in [-0.2, 0) is 13.1 Å². The monoisotopic (exact) mass is 551 g/mol. The molecule has 1 saturated heterocycles. The highest BCUT2D eigenvalue weighted by Gasteiger charge is 2.41. The van der Waals surface area contributed by atoms with Crippen molar-refractivity contribution in [3.63, 3.8) is 0 Å². The maximum Gasteiger partial charge on any atom is 0.415 e. The zero-order valence-electron chi connectivity index (χ0n) is 21.9. The van der Waals surface area contributed by atoms with E-state index in [0.717, 1.165) is 60.0 Å². The van der Waals surface area contributed by atoms with Gasteiger partial charge in [-0.2, -0.15) is 0 Å². The number of fused-ring (bicyclic) bond motifs is 2. The van der Waals surface area contributed by atoms with Crippen LogP contribution < -0.4 is 14.4 Å². The Kier molecular flexibility index (Phi) is 6.60. The fraction of sp³-hybridized carbons (Fsp3) is 0.393. The van der Waals surface area contributed by atoms with Crippen LogP contribution in [0.2, 0.25) is 5.02 Å². The molecule has 0 radical (unpaired) electrons. The molecule has 1 unspecified atom stereocenters. The predicted octanol–water partition coefficient (Wildman–Crippen LogP) is 5.52. The molecule has 0 aliphatic carbocycles. The second-order valence-electron chi connectivity index (χ2n) is 10.6. The van der Waals surface area contributed by atoms with Crippen molar-refractivity contribution >= 4 is 34.1 Å². The van der Waals surface area contributed by atoms with Crippen LogP contribution in [0.15, 0.2) is 59.1 Å². The molecule has 0 bridgehead atoms. The summed E-state index contributed by atoms with van der Waals surface area (Å²) in [7, 11) is 2.16. The van der Waals surface area contributed by atoms with E-state index in [-0.39, 0.29) is 11.8 Å². The number of ether oxygens (including phenoxy) is 2. The van der Waals surface area contributed by atoms with Gasteiger partial charge < -0.3 is 28.9 Å². The van der Waals surface area contributed by atoms with Crippen molar-refractivity contribution in [3.05, 3.63) is 75.6 Å². The third kappa shape index (κ3) is 5.39. The van der Waals surface area contributed by atoms with Crippen LogP contribution in [0.4, 0.5) is 11.5 Å². The number of piperidine rings is 1. The lowest BCUT2D eigenvalue weighted by Gasteiger charge is -2.37. The Morgan fingerprint density at radius 2 is 1.97 bits per heavy atom. The minimum atomic E-state index is -0.639. The number of nitro groups is 1. The third-order valence-electron chi connectivity index (χ3n) is 7.53. The number of benzene rings is 2. The highest BCUT2D eigenvalue weighted by Crippen LogP contribution is 2.32. The van der Waals surface area contributed by atoms with Gasteiger partial charge >= 0.3 is 11.8 Å². The molecule has 0 saturated carbocycles. The van der Waals surface area contributed by atoms with Gasteiger partial charge in [0.15, 0.2) is 5.60 Å². The highest BCUT2D eigenvalue weighted by atomic mass is 35.5. The summed E-state index contributed by atoms with van der Waals surface area (Å²) in [5, 5.41) is 12.7. The largest absolute Gasteiger partial charge is 0.489 e. The van der Waals surface area contributed by atoms with E-state index in [1.54, 1.807) is 4.57 Å². The minimum absolute atomic E-state index is 0.212. The van der Waals surface area contributed by atoms with Gasteiger partial charge in [-0.15, -0.1) is 0 Å². The molecular formula is C28H30ClN5O5. The summed E-state index contributed by atoms with van der Waals surface area (Å²) in [5.74, 6) is 1.49. The maximum absolute atomic E-state index is 10.9. The van der Waals surface area contributed by atoms with E-state index in [1.165, 1.54) is 11.9 Å². The molecule has 1 fully saturated rings. The van der Waals surface area contributed by atoms with Crippen molar-refractivity contribution in [3.8, 4) is 11.8 Å². The van der Waals surface area contributed by atoms with Gasteiger partial charge in [-0.05, 0) is 80.3 Å². The lowest BCUT2D eigenvalue weighted by atomic mass is 10.0. The van der Waals surface area contributed by atoms with Gasteiger partial charge in [0.05, 0.1) is 13.1 Å². The number of hydrogen-bond acceptors (Lipinski definition) is 8. The van der Waals surface area contributed by atoms with Crippen molar-refractivity contribution in [1.29, 1.82) is 0 Å². The van der Waals surface area contributed by atoms with Crippen molar-refractivity contribution in [2.45, 2.75) is 44.5 Å². The maximum atomic E-state index is 10.9. The molecule has 2 aromatic heterocycles. The van der Waals surface area contributed by atoms with E-state index in [2.05, 4.69) is 40.0 Å². The molecule has 2 aliphatic heterocycles. The number of furan rings is 1. The smallest absolute Gasteiger partial charge is 0.415 e. The van der Waals surface area contributed by atoms with Crippen LogP contribution in [0.5, 0.6) is 11.8 Å². The number of imidazole rings is 1. The molecule has 10 nitrogen and oxygen atoms in total. The SMILES string of the molecule is CN(Cc1cc2cc(Cl)ccc2o1)C1CCN(c2ccc(OCC3(C)Cn4cc([N+](=O)[O-])nc4O3)cc2)CC1.